The van der Waals surface area contributed by atoms with E-state index in [9.17, 15) is 19.5 Å². The molecule has 4 unspecified atom stereocenters. The highest BCUT2D eigenvalue weighted by atomic mass is 16.5. The standard InChI is InChI=1S/C37H58O5/c1-23(2)24-12-17-37(22-42-30(41)21-32(3,4)20-29(39)40)19-18-35(8)25(31(24)37)10-11-27-34(7)15-14-28(38)33(5,6)26(34)13-16-36(27,35)9/h24-27,31H,1,10-22H2,2-9H3,(H,39,40)/t24-,25?,26?,27?,31?,34-,35+,36+,37+/m0/s1. The molecular formula is C37H58O5. The molecule has 0 aliphatic heterocycles. The summed E-state index contributed by atoms with van der Waals surface area (Å²) < 4.78 is 6.10. The number of hydrogen-bond acceptors (Lipinski definition) is 4. The minimum atomic E-state index is -0.881. The Kier molecular flexibility index (Phi) is 7.71. The van der Waals surface area contributed by atoms with Gasteiger partial charge in [-0.05, 0) is 116 Å². The van der Waals surface area contributed by atoms with Crippen molar-refractivity contribution in [2.24, 2.45) is 62.1 Å². The van der Waals surface area contributed by atoms with E-state index in [0.717, 1.165) is 44.9 Å². The van der Waals surface area contributed by atoms with Crippen molar-refractivity contribution >= 4 is 17.7 Å². The second-order valence-electron chi connectivity index (χ2n) is 17.8. The predicted molar refractivity (Wildman–Crippen MR) is 166 cm³/mol. The lowest BCUT2D eigenvalue weighted by molar-refractivity contribution is -0.237. The number of allylic oxidation sites excluding steroid dienone is 1. The van der Waals surface area contributed by atoms with Crippen LogP contribution >= 0.6 is 0 Å². The van der Waals surface area contributed by atoms with E-state index in [1.54, 1.807) is 0 Å². The zero-order valence-electron chi connectivity index (χ0n) is 27.9. The maximum absolute atomic E-state index is 13.1. The minimum absolute atomic E-state index is 0.0239. The number of carboxylic acids is 1. The fourth-order valence-electron chi connectivity index (χ4n) is 12.5. The zero-order chi connectivity index (χ0) is 31.1. The van der Waals surface area contributed by atoms with Crippen molar-refractivity contribution in [3.8, 4) is 0 Å². The van der Waals surface area contributed by atoms with Gasteiger partial charge in [0.15, 0.2) is 0 Å². The molecule has 0 heterocycles. The molecule has 5 aliphatic carbocycles. The van der Waals surface area contributed by atoms with Crippen LogP contribution in [0.25, 0.3) is 0 Å². The van der Waals surface area contributed by atoms with Crippen LogP contribution in [-0.4, -0.2) is 29.4 Å². The number of carboxylic acid groups (broad SMARTS) is 1. The van der Waals surface area contributed by atoms with Gasteiger partial charge >= 0.3 is 11.9 Å². The van der Waals surface area contributed by atoms with Gasteiger partial charge in [0.2, 0.25) is 0 Å². The summed E-state index contributed by atoms with van der Waals surface area (Å²) in [5.74, 6) is 1.89. The first-order valence-corrected chi connectivity index (χ1v) is 16.9. The lowest BCUT2D eigenvalue weighted by Crippen LogP contribution is -2.66. The maximum Gasteiger partial charge on any atom is 0.306 e. The molecule has 1 N–H and O–H groups in total. The van der Waals surface area contributed by atoms with E-state index >= 15 is 0 Å². The van der Waals surface area contributed by atoms with Gasteiger partial charge in [-0.15, -0.1) is 0 Å². The molecule has 236 valence electrons. The van der Waals surface area contributed by atoms with Gasteiger partial charge in [-0.3, -0.25) is 14.4 Å². The van der Waals surface area contributed by atoms with Gasteiger partial charge in [-0.2, -0.15) is 0 Å². The van der Waals surface area contributed by atoms with Crippen LogP contribution in [-0.2, 0) is 19.1 Å². The van der Waals surface area contributed by atoms with E-state index in [-0.39, 0.29) is 45.9 Å². The molecule has 0 saturated heterocycles. The number of fused-ring (bicyclic) bond motifs is 7. The Balaban J connectivity index is 1.42. The van der Waals surface area contributed by atoms with Crippen LogP contribution in [0.2, 0.25) is 0 Å². The predicted octanol–water partition coefficient (Wildman–Crippen LogP) is 8.65. The molecule has 0 amide bonds. The zero-order valence-corrected chi connectivity index (χ0v) is 27.9. The molecule has 0 aromatic carbocycles. The van der Waals surface area contributed by atoms with Crippen LogP contribution in [0.15, 0.2) is 12.2 Å². The fourth-order valence-corrected chi connectivity index (χ4v) is 12.5. The SMILES string of the molecule is C=C(C)[C@@H]1CC[C@]2(COC(=O)CC(C)(C)CC(=O)O)CC[C@]3(C)C(CCC4[C@@]5(C)CCC(=O)C(C)(C)C5CC[C@]43C)C12. The number of carbonyl (C=O) groups is 3. The Hall–Kier alpha value is -1.65. The third-order valence-corrected chi connectivity index (χ3v) is 14.8. The summed E-state index contributed by atoms with van der Waals surface area (Å²) in [7, 11) is 0. The fraction of sp³-hybridized carbons (Fsp3) is 0.865. The van der Waals surface area contributed by atoms with Gasteiger partial charge < -0.3 is 9.84 Å². The van der Waals surface area contributed by atoms with Crippen molar-refractivity contribution in [3.05, 3.63) is 12.2 Å². The molecule has 5 saturated carbocycles. The normalized spacial score (nSPS) is 44.3. The molecule has 0 radical (unpaired) electrons. The van der Waals surface area contributed by atoms with Crippen LogP contribution in [0.4, 0.5) is 0 Å². The molecule has 0 aromatic rings. The maximum atomic E-state index is 13.1. The number of carbonyl (C=O) groups excluding carboxylic acids is 2. The first-order chi connectivity index (χ1) is 19.3. The molecule has 5 fully saturated rings. The number of ketones is 1. The second-order valence-corrected chi connectivity index (χ2v) is 17.8. The first kappa shape index (κ1) is 31.8. The highest BCUT2D eigenvalue weighted by Gasteiger charge is 2.71. The van der Waals surface area contributed by atoms with E-state index in [2.05, 4.69) is 48.1 Å². The third-order valence-electron chi connectivity index (χ3n) is 14.8. The quantitative estimate of drug-likeness (QED) is 0.240. The Bertz CT molecular complexity index is 1150. The third kappa shape index (κ3) is 4.64. The summed E-state index contributed by atoms with van der Waals surface area (Å²) in [5.41, 5.74) is 1.03. The molecule has 0 bridgehead atoms. The van der Waals surface area contributed by atoms with Crippen molar-refractivity contribution in [3.63, 3.8) is 0 Å². The van der Waals surface area contributed by atoms with Gasteiger partial charge in [0, 0.05) is 17.3 Å². The second kappa shape index (κ2) is 10.2. The van der Waals surface area contributed by atoms with Gasteiger partial charge in [-0.25, -0.2) is 0 Å². The van der Waals surface area contributed by atoms with Crippen molar-refractivity contribution < 1.29 is 24.2 Å². The van der Waals surface area contributed by atoms with Crippen LogP contribution in [0.3, 0.4) is 0 Å². The number of Topliss-reactive ketones (excluding diaryl/α,β-unsaturated/α-hetero) is 1. The van der Waals surface area contributed by atoms with Crippen LogP contribution < -0.4 is 0 Å². The van der Waals surface area contributed by atoms with Gasteiger partial charge in [-0.1, -0.05) is 60.6 Å². The van der Waals surface area contributed by atoms with Crippen molar-refractivity contribution in [1.29, 1.82) is 0 Å². The molecule has 5 heteroatoms. The Morgan fingerprint density at radius 3 is 2.24 bits per heavy atom. The van der Waals surface area contributed by atoms with E-state index in [0.29, 0.717) is 42.0 Å². The molecule has 9 atom stereocenters. The summed E-state index contributed by atoms with van der Waals surface area (Å²) >= 11 is 0. The van der Waals surface area contributed by atoms with Crippen molar-refractivity contribution in [2.75, 3.05) is 6.61 Å². The van der Waals surface area contributed by atoms with Crippen LogP contribution in [0, 0.1) is 62.1 Å². The highest BCUT2D eigenvalue weighted by molar-refractivity contribution is 5.85. The van der Waals surface area contributed by atoms with Crippen LogP contribution in [0.1, 0.15) is 132 Å². The first-order valence-electron chi connectivity index (χ1n) is 16.9. The Labute approximate surface area is 255 Å². The molecule has 0 spiro atoms. The lowest BCUT2D eigenvalue weighted by Gasteiger charge is -2.72. The van der Waals surface area contributed by atoms with Gasteiger partial charge in [0.05, 0.1) is 19.4 Å². The topological polar surface area (TPSA) is 80.7 Å². The van der Waals surface area contributed by atoms with Crippen molar-refractivity contribution in [1.82, 2.24) is 0 Å². The average Bonchev–Trinajstić information content (AvgIpc) is 3.25. The van der Waals surface area contributed by atoms with E-state index in [1.165, 1.54) is 24.8 Å². The summed E-state index contributed by atoms with van der Waals surface area (Å²) in [6, 6.07) is 0. The Morgan fingerprint density at radius 2 is 1.60 bits per heavy atom. The molecule has 5 aliphatic rings. The summed E-state index contributed by atoms with van der Waals surface area (Å²) in [4.78, 5) is 37.4. The number of aliphatic carboxylic acids is 1. The molecule has 42 heavy (non-hydrogen) atoms. The van der Waals surface area contributed by atoms with E-state index < -0.39 is 11.4 Å². The molecule has 5 nitrogen and oxygen atoms in total. The summed E-state index contributed by atoms with van der Waals surface area (Å²) in [6.45, 7) is 23.0. The Morgan fingerprint density at radius 1 is 0.905 bits per heavy atom. The molecule has 0 aromatic heterocycles. The molecule has 5 rings (SSSR count). The summed E-state index contributed by atoms with van der Waals surface area (Å²) in [5, 5.41) is 9.28. The van der Waals surface area contributed by atoms with Crippen molar-refractivity contribution in [2.45, 2.75) is 132 Å². The average molecular weight is 583 g/mol. The monoisotopic (exact) mass is 582 g/mol. The minimum Gasteiger partial charge on any atom is -0.481 e. The van der Waals surface area contributed by atoms with Gasteiger partial charge in [0.1, 0.15) is 5.78 Å². The number of esters is 1. The summed E-state index contributed by atoms with van der Waals surface area (Å²) in [6.07, 6.45) is 11.1. The number of rotatable bonds is 7. The number of ether oxygens (including phenoxy) is 1. The van der Waals surface area contributed by atoms with E-state index in [1.807, 2.05) is 13.8 Å². The largest absolute Gasteiger partial charge is 0.481 e. The number of hydrogen-bond donors (Lipinski definition) is 1. The molecular weight excluding hydrogens is 524 g/mol. The van der Waals surface area contributed by atoms with Gasteiger partial charge in [0.25, 0.3) is 0 Å². The highest BCUT2D eigenvalue weighted by Crippen LogP contribution is 2.77. The van der Waals surface area contributed by atoms with Crippen LogP contribution in [0.5, 0.6) is 0 Å². The lowest BCUT2D eigenvalue weighted by atomic mass is 9.32. The smallest absolute Gasteiger partial charge is 0.306 e. The van der Waals surface area contributed by atoms with E-state index in [4.69, 9.17) is 4.74 Å².